The van der Waals surface area contributed by atoms with E-state index in [0.717, 1.165) is 6.42 Å². The van der Waals surface area contributed by atoms with Gasteiger partial charge in [0.1, 0.15) is 5.82 Å². The van der Waals surface area contributed by atoms with Gasteiger partial charge in [0, 0.05) is 31.3 Å². The van der Waals surface area contributed by atoms with Crippen molar-refractivity contribution < 1.29 is 22.0 Å². The van der Waals surface area contributed by atoms with E-state index in [0.29, 0.717) is 30.1 Å². The molecule has 8 nitrogen and oxygen atoms in total. The normalized spacial score (nSPS) is 17.4. The maximum Gasteiger partial charge on any atom is 0.247 e. The third-order valence-electron chi connectivity index (χ3n) is 5.08. The molecule has 1 aliphatic rings. The number of carbonyl (C=O) groups excluding carboxylic acids is 1. The molecule has 1 amide bonds. The Hall–Kier alpha value is -3.11. The van der Waals surface area contributed by atoms with Crippen molar-refractivity contribution in [2.24, 2.45) is 0 Å². The quantitative estimate of drug-likeness (QED) is 0.647. The molecule has 4 rings (SSSR count). The number of hydrogen-bond acceptors (Lipinski definition) is 6. The Labute approximate surface area is 179 Å². The molecule has 1 atom stereocenters. The number of piperidine rings is 1. The van der Waals surface area contributed by atoms with Gasteiger partial charge in [0.2, 0.25) is 27.7 Å². The number of benzene rings is 2. The van der Waals surface area contributed by atoms with Crippen LogP contribution in [0.25, 0.3) is 11.5 Å². The van der Waals surface area contributed by atoms with Crippen LogP contribution in [-0.2, 0) is 14.8 Å². The minimum Gasteiger partial charge on any atom is -0.420 e. The van der Waals surface area contributed by atoms with Crippen molar-refractivity contribution in [2.75, 3.05) is 18.4 Å². The standard InChI is InChI=1S/C21H21FN4O4S/c1-14(27)23-18-8-10-19(11-9-18)31(28,29)26-12-2-3-16(13-26)21-25-24-20(30-21)15-4-6-17(22)7-5-15/h4-11,16H,2-3,12-13H2,1H3,(H,23,27)/t16-/m1/s1. The summed E-state index contributed by atoms with van der Waals surface area (Å²) in [6.45, 7) is 2.00. The molecule has 1 aliphatic heterocycles. The molecule has 2 aromatic carbocycles. The Morgan fingerprint density at radius 1 is 1.13 bits per heavy atom. The van der Waals surface area contributed by atoms with Crippen molar-refractivity contribution in [3.8, 4) is 11.5 Å². The van der Waals surface area contributed by atoms with Crippen molar-refractivity contribution in [3.05, 3.63) is 60.2 Å². The zero-order valence-electron chi connectivity index (χ0n) is 16.8. The predicted molar refractivity (Wildman–Crippen MR) is 111 cm³/mol. The van der Waals surface area contributed by atoms with E-state index in [2.05, 4.69) is 15.5 Å². The summed E-state index contributed by atoms with van der Waals surface area (Å²) in [4.78, 5) is 11.3. The summed E-state index contributed by atoms with van der Waals surface area (Å²) in [7, 11) is -3.71. The number of rotatable bonds is 5. The van der Waals surface area contributed by atoms with Crippen LogP contribution < -0.4 is 5.32 Å². The minimum atomic E-state index is -3.71. The lowest BCUT2D eigenvalue weighted by Gasteiger charge is -2.30. The first-order chi connectivity index (χ1) is 14.8. The zero-order valence-corrected chi connectivity index (χ0v) is 17.6. The largest absolute Gasteiger partial charge is 0.420 e. The van der Waals surface area contributed by atoms with Gasteiger partial charge in [-0.3, -0.25) is 4.79 Å². The van der Waals surface area contributed by atoms with Gasteiger partial charge in [-0.1, -0.05) is 0 Å². The fraction of sp³-hybridized carbons (Fsp3) is 0.286. The van der Waals surface area contributed by atoms with Gasteiger partial charge in [-0.2, -0.15) is 4.31 Å². The van der Waals surface area contributed by atoms with Gasteiger partial charge in [-0.05, 0) is 61.4 Å². The van der Waals surface area contributed by atoms with Gasteiger partial charge in [0.15, 0.2) is 0 Å². The molecule has 1 aromatic heterocycles. The molecule has 0 spiro atoms. The van der Waals surface area contributed by atoms with Crippen molar-refractivity contribution >= 4 is 21.6 Å². The summed E-state index contributed by atoms with van der Waals surface area (Å²) in [5.41, 5.74) is 1.13. The molecule has 1 fully saturated rings. The number of sulfonamides is 1. The Bertz CT molecular complexity index is 1180. The lowest BCUT2D eigenvalue weighted by atomic mass is 10.00. The molecule has 0 bridgehead atoms. The highest BCUT2D eigenvalue weighted by Gasteiger charge is 2.33. The van der Waals surface area contributed by atoms with Gasteiger partial charge in [-0.25, -0.2) is 12.8 Å². The maximum absolute atomic E-state index is 13.1. The van der Waals surface area contributed by atoms with Gasteiger partial charge in [0.25, 0.3) is 0 Å². The van der Waals surface area contributed by atoms with E-state index in [-0.39, 0.29) is 35.0 Å². The summed E-state index contributed by atoms with van der Waals surface area (Å²) in [5, 5.41) is 10.7. The van der Waals surface area contributed by atoms with Crippen LogP contribution in [0.2, 0.25) is 0 Å². The molecule has 0 unspecified atom stereocenters. The van der Waals surface area contributed by atoms with E-state index >= 15 is 0 Å². The number of hydrogen-bond donors (Lipinski definition) is 1. The summed E-state index contributed by atoms with van der Waals surface area (Å²) >= 11 is 0. The Morgan fingerprint density at radius 2 is 1.84 bits per heavy atom. The fourth-order valence-electron chi connectivity index (χ4n) is 3.53. The second-order valence-corrected chi connectivity index (χ2v) is 9.30. The second kappa shape index (κ2) is 8.56. The number of carbonyl (C=O) groups is 1. The minimum absolute atomic E-state index is 0.153. The van der Waals surface area contributed by atoms with E-state index in [1.54, 1.807) is 24.3 Å². The SMILES string of the molecule is CC(=O)Nc1ccc(S(=O)(=O)N2CCC[C@@H](c3nnc(-c4ccc(F)cc4)o3)C2)cc1. The Balaban J connectivity index is 1.50. The fourth-order valence-corrected chi connectivity index (χ4v) is 5.06. The predicted octanol–water partition coefficient (Wildman–Crippen LogP) is 3.40. The highest BCUT2D eigenvalue weighted by molar-refractivity contribution is 7.89. The lowest BCUT2D eigenvalue weighted by Crippen LogP contribution is -2.39. The molecular weight excluding hydrogens is 423 g/mol. The summed E-state index contributed by atoms with van der Waals surface area (Å²) in [5.74, 6) is -0.191. The van der Waals surface area contributed by atoms with Crippen molar-refractivity contribution in [1.29, 1.82) is 0 Å². The van der Waals surface area contributed by atoms with Gasteiger partial charge < -0.3 is 9.73 Å². The van der Waals surface area contributed by atoms with Crippen LogP contribution in [0.5, 0.6) is 0 Å². The van der Waals surface area contributed by atoms with E-state index < -0.39 is 10.0 Å². The number of aromatic nitrogens is 2. The monoisotopic (exact) mass is 444 g/mol. The van der Waals surface area contributed by atoms with Gasteiger partial charge in [-0.15, -0.1) is 10.2 Å². The molecule has 31 heavy (non-hydrogen) atoms. The van der Waals surface area contributed by atoms with E-state index in [4.69, 9.17) is 4.42 Å². The molecule has 0 radical (unpaired) electrons. The van der Waals surface area contributed by atoms with Crippen LogP contribution in [0.4, 0.5) is 10.1 Å². The average molecular weight is 444 g/mol. The second-order valence-electron chi connectivity index (χ2n) is 7.36. The third kappa shape index (κ3) is 4.64. The summed E-state index contributed by atoms with van der Waals surface area (Å²) < 4.78 is 46.5. The molecule has 0 aliphatic carbocycles. The number of nitrogens with zero attached hydrogens (tertiary/aromatic N) is 3. The van der Waals surface area contributed by atoms with Gasteiger partial charge >= 0.3 is 0 Å². The number of anilines is 1. The smallest absolute Gasteiger partial charge is 0.247 e. The lowest BCUT2D eigenvalue weighted by molar-refractivity contribution is -0.114. The highest BCUT2D eigenvalue weighted by atomic mass is 32.2. The van der Waals surface area contributed by atoms with Gasteiger partial charge in [0.05, 0.1) is 10.8 Å². The maximum atomic E-state index is 13.1. The van der Waals surface area contributed by atoms with Crippen LogP contribution in [0.15, 0.2) is 57.8 Å². The molecule has 0 saturated carbocycles. The Morgan fingerprint density at radius 3 is 2.52 bits per heavy atom. The van der Waals surface area contributed by atoms with E-state index in [9.17, 15) is 17.6 Å². The highest BCUT2D eigenvalue weighted by Crippen LogP contribution is 2.31. The molecular formula is C21H21FN4O4S. The van der Waals surface area contributed by atoms with Crippen LogP contribution in [0.1, 0.15) is 31.6 Å². The molecule has 162 valence electrons. The van der Waals surface area contributed by atoms with Crippen molar-refractivity contribution in [1.82, 2.24) is 14.5 Å². The van der Waals surface area contributed by atoms with E-state index in [1.807, 2.05) is 0 Å². The Kier molecular flexibility index (Phi) is 5.84. The topological polar surface area (TPSA) is 105 Å². The molecule has 1 N–H and O–H groups in total. The first-order valence-electron chi connectivity index (χ1n) is 9.80. The molecule has 3 aromatic rings. The number of amides is 1. The number of nitrogens with one attached hydrogen (secondary N) is 1. The first kappa shape index (κ1) is 21.1. The van der Waals surface area contributed by atoms with Crippen molar-refractivity contribution in [2.45, 2.75) is 30.6 Å². The van der Waals surface area contributed by atoms with Crippen molar-refractivity contribution in [3.63, 3.8) is 0 Å². The number of halogens is 1. The van der Waals surface area contributed by atoms with Crippen LogP contribution in [0, 0.1) is 5.82 Å². The van der Waals surface area contributed by atoms with Crippen LogP contribution >= 0.6 is 0 Å². The summed E-state index contributed by atoms with van der Waals surface area (Å²) in [6, 6.07) is 11.8. The summed E-state index contributed by atoms with van der Waals surface area (Å²) in [6.07, 6.45) is 1.38. The van der Waals surface area contributed by atoms with Crippen LogP contribution in [-0.4, -0.2) is 41.9 Å². The zero-order chi connectivity index (χ0) is 22.0. The molecule has 2 heterocycles. The van der Waals surface area contributed by atoms with Crippen LogP contribution in [0.3, 0.4) is 0 Å². The molecule has 10 heteroatoms. The molecule has 1 saturated heterocycles. The third-order valence-corrected chi connectivity index (χ3v) is 6.96. The van der Waals surface area contributed by atoms with E-state index in [1.165, 1.54) is 35.5 Å². The first-order valence-corrected chi connectivity index (χ1v) is 11.2. The average Bonchev–Trinajstić information content (AvgIpc) is 3.25.